The lowest BCUT2D eigenvalue weighted by molar-refractivity contribution is 0.625. The Hall–Kier alpha value is -1.47. The summed E-state index contributed by atoms with van der Waals surface area (Å²) in [5.74, 6) is 0.120. The normalized spacial score (nSPS) is 11.0. The highest BCUT2D eigenvalue weighted by Crippen LogP contribution is 2.16. The van der Waals surface area contributed by atoms with Crippen LogP contribution in [0.25, 0.3) is 0 Å². The Kier molecular flexibility index (Phi) is 4.27. The van der Waals surface area contributed by atoms with Gasteiger partial charge in [-0.1, -0.05) is 22.0 Å². The van der Waals surface area contributed by atoms with Crippen LogP contribution in [0.2, 0.25) is 0 Å². The predicted molar refractivity (Wildman–Crippen MR) is 76.8 cm³/mol. The van der Waals surface area contributed by atoms with Gasteiger partial charge >= 0.3 is 0 Å². The van der Waals surface area contributed by atoms with Gasteiger partial charge in [-0.25, -0.2) is 9.37 Å². The number of hydrogen-bond donors (Lipinski definition) is 2. The summed E-state index contributed by atoms with van der Waals surface area (Å²) in [5, 5.41) is 6.86. The Labute approximate surface area is 116 Å². The summed E-state index contributed by atoms with van der Waals surface area (Å²) in [5.41, 5.74) is 9.57. The van der Waals surface area contributed by atoms with Gasteiger partial charge < -0.3 is 5.73 Å². The van der Waals surface area contributed by atoms with Gasteiger partial charge in [-0.2, -0.15) is 5.10 Å². The van der Waals surface area contributed by atoms with E-state index in [0.717, 1.165) is 5.56 Å². The van der Waals surface area contributed by atoms with Crippen LogP contribution in [0.15, 0.2) is 28.7 Å². The number of alkyl halides is 1. The van der Waals surface area contributed by atoms with E-state index in [-0.39, 0.29) is 5.82 Å². The molecule has 18 heavy (non-hydrogen) atoms. The molecule has 0 aliphatic heterocycles. The number of hydrogen-bond acceptors (Lipinski definition) is 5. The summed E-state index contributed by atoms with van der Waals surface area (Å²) < 4.78 is 13.5. The molecule has 3 N–H and O–H groups in total. The average molecular weight is 329 g/mol. The SMILES string of the molecule is Nc1csc(NN=Cc2cc(CBr)ccc2F)n1. The van der Waals surface area contributed by atoms with Gasteiger partial charge in [-0.3, -0.25) is 5.43 Å². The van der Waals surface area contributed by atoms with E-state index in [9.17, 15) is 4.39 Å². The fourth-order valence-electron chi connectivity index (χ4n) is 1.27. The molecule has 7 heteroatoms. The molecule has 0 amide bonds. The molecular weight excluding hydrogens is 319 g/mol. The number of aromatic nitrogens is 1. The minimum Gasteiger partial charge on any atom is -0.383 e. The van der Waals surface area contributed by atoms with Crippen LogP contribution in [-0.2, 0) is 5.33 Å². The molecule has 2 aromatic rings. The number of hydrazone groups is 1. The van der Waals surface area contributed by atoms with Gasteiger partial charge in [-0.15, -0.1) is 11.3 Å². The lowest BCUT2D eigenvalue weighted by Crippen LogP contribution is -1.94. The lowest BCUT2D eigenvalue weighted by atomic mass is 10.1. The van der Waals surface area contributed by atoms with Gasteiger partial charge in [0.1, 0.15) is 11.6 Å². The molecule has 1 heterocycles. The van der Waals surface area contributed by atoms with Crippen molar-refractivity contribution in [3.05, 3.63) is 40.5 Å². The third-order valence-corrected chi connectivity index (χ3v) is 3.51. The summed E-state index contributed by atoms with van der Waals surface area (Å²) in [6, 6.07) is 4.86. The summed E-state index contributed by atoms with van der Waals surface area (Å²) in [4.78, 5) is 3.97. The highest BCUT2D eigenvalue weighted by molar-refractivity contribution is 9.08. The predicted octanol–water partition coefficient (Wildman–Crippen LogP) is 3.21. The highest BCUT2D eigenvalue weighted by atomic mass is 79.9. The minimum atomic E-state index is -0.316. The van der Waals surface area contributed by atoms with Gasteiger partial charge in [0, 0.05) is 16.3 Å². The molecule has 0 spiro atoms. The third kappa shape index (κ3) is 3.27. The zero-order chi connectivity index (χ0) is 13.0. The fraction of sp³-hybridized carbons (Fsp3) is 0.0909. The Morgan fingerprint density at radius 3 is 3.06 bits per heavy atom. The van der Waals surface area contributed by atoms with Crippen molar-refractivity contribution in [2.45, 2.75) is 5.33 Å². The van der Waals surface area contributed by atoms with Crippen molar-refractivity contribution in [1.29, 1.82) is 0 Å². The molecule has 0 atom stereocenters. The number of benzene rings is 1. The second kappa shape index (κ2) is 5.92. The quantitative estimate of drug-likeness (QED) is 0.514. The molecule has 0 fully saturated rings. The maximum Gasteiger partial charge on any atom is 0.205 e. The lowest BCUT2D eigenvalue weighted by Gasteiger charge is -2.00. The topological polar surface area (TPSA) is 63.3 Å². The molecule has 4 nitrogen and oxygen atoms in total. The van der Waals surface area contributed by atoms with Crippen molar-refractivity contribution >= 4 is 44.4 Å². The summed E-state index contributed by atoms with van der Waals surface area (Å²) in [6.45, 7) is 0. The molecule has 0 aliphatic rings. The first-order chi connectivity index (χ1) is 8.69. The fourth-order valence-corrected chi connectivity index (χ4v) is 2.17. The van der Waals surface area contributed by atoms with E-state index in [1.165, 1.54) is 23.6 Å². The van der Waals surface area contributed by atoms with E-state index < -0.39 is 0 Å². The number of rotatable bonds is 4. The van der Waals surface area contributed by atoms with E-state index in [1.807, 2.05) is 0 Å². The monoisotopic (exact) mass is 328 g/mol. The van der Waals surface area contributed by atoms with Crippen LogP contribution in [0.5, 0.6) is 0 Å². The number of nitrogen functional groups attached to an aromatic ring is 1. The maximum atomic E-state index is 13.5. The molecule has 0 aliphatic carbocycles. The third-order valence-electron chi connectivity index (χ3n) is 2.10. The zero-order valence-corrected chi connectivity index (χ0v) is 11.6. The molecule has 0 saturated carbocycles. The van der Waals surface area contributed by atoms with Crippen molar-refractivity contribution < 1.29 is 4.39 Å². The van der Waals surface area contributed by atoms with E-state index in [0.29, 0.717) is 21.8 Å². The van der Waals surface area contributed by atoms with Crippen LogP contribution >= 0.6 is 27.3 Å². The molecule has 0 unspecified atom stereocenters. The number of thiazole rings is 1. The molecule has 0 saturated heterocycles. The van der Waals surface area contributed by atoms with Gasteiger partial charge in [-0.05, 0) is 17.7 Å². The van der Waals surface area contributed by atoms with Crippen molar-refractivity contribution in [1.82, 2.24) is 4.98 Å². The molecule has 1 aromatic carbocycles. The summed E-state index contributed by atoms with van der Waals surface area (Å²) >= 11 is 4.65. The first kappa shape index (κ1) is 13.0. The minimum absolute atomic E-state index is 0.316. The van der Waals surface area contributed by atoms with Gasteiger partial charge in [0.2, 0.25) is 5.13 Å². The Bertz CT molecular complexity index is 570. The van der Waals surface area contributed by atoms with Crippen LogP contribution in [0.1, 0.15) is 11.1 Å². The van der Waals surface area contributed by atoms with Crippen LogP contribution in [0.3, 0.4) is 0 Å². The Balaban J connectivity index is 2.08. The number of nitrogens with zero attached hydrogens (tertiary/aromatic N) is 2. The number of anilines is 2. The standard InChI is InChI=1S/C11H10BrFN4S/c12-4-7-1-2-9(13)8(3-7)5-15-17-11-16-10(14)6-18-11/h1-3,5-6H,4,14H2,(H,16,17). The number of nitrogens with two attached hydrogens (primary N) is 1. The van der Waals surface area contributed by atoms with Crippen molar-refractivity contribution in [2.24, 2.45) is 5.10 Å². The van der Waals surface area contributed by atoms with Crippen molar-refractivity contribution in [2.75, 3.05) is 11.2 Å². The van der Waals surface area contributed by atoms with Crippen LogP contribution < -0.4 is 11.2 Å². The van der Waals surface area contributed by atoms with E-state index in [1.54, 1.807) is 17.5 Å². The van der Waals surface area contributed by atoms with Crippen molar-refractivity contribution in [3.8, 4) is 0 Å². The van der Waals surface area contributed by atoms with E-state index >= 15 is 0 Å². The van der Waals surface area contributed by atoms with Gasteiger partial charge in [0.15, 0.2) is 0 Å². The summed E-state index contributed by atoms with van der Waals surface area (Å²) in [6.07, 6.45) is 1.42. The van der Waals surface area contributed by atoms with E-state index in [4.69, 9.17) is 5.73 Å². The van der Waals surface area contributed by atoms with Gasteiger partial charge in [0.25, 0.3) is 0 Å². The Morgan fingerprint density at radius 2 is 2.39 bits per heavy atom. The van der Waals surface area contributed by atoms with Crippen molar-refractivity contribution in [3.63, 3.8) is 0 Å². The molecule has 0 bridgehead atoms. The van der Waals surface area contributed by atoms with Crippen LogP contribution in [0, 0.1) is 5.82 Å². The second-order valence-electron chi connectivity index (χ2n) is 3.44. The largest absolute Gasteiger partial charge is 0.383 e. The average Bonchev–Trinajstić information content (AvgIpc) is 2.77. The number of nitrogens with one attached hydrogen (secondary N) is 1. The molecule has 1 aromatic heterocycles. The smallest absolute Gasteiger partial charge is 0.205 e. The Morgan fingerprint density at radius 1 is 1.56 bits per heavy atom. The molecule has 2 rings (SSSR count). The van der Waals surface area contributed by atoms with E-state index in [2.05, 4.69) is 31.4 Å². The van der Waals surface area contributed by atoms with Crippen LogP contribution in [-0.4, -0.2) is 11.2 Å². The van der Waals surface area contributed by atoms with Crippen LogP contribution in [0.4, 0.5) is 15.3 Å². The zero-order valence-electron chi connectivity index (χ0n) is 9.23. The summed E-state index contributed by atoms with van der Waals surface area (Å²) in [7, 11) is 0. The number of halogens is 2. The molecular formula is C11H10BrFN4S. The molecule has 94 valence electrons. The molecule has 0 radical (unpaired) electrons. The maximum absolute atomic E-state index is 13.5. The highest BCUT2D eigenvalue weighted by Gasteiger charge is 2.01. The van der Waals surface area contributed by atoms with Gasteiger partial charge in [0.05, 0.1) is 6.21 Å². The first-order valence-electron chi connectivity index (χ1n) is 5.03. The second-order valence-corrected chi connectivity index (χ2v) is 4.86. The first-order valence-corrected chi connectivity index (χ1v) is 7.03.